The average molecular weight is 566 g/mol. The van der Waals surface area contributed by atoms with Crippen molar-refractivity contribution in [1.29, 1.82) is 0 Å². The predicted octanol–water partition coefficient (Wildman–Crippen LogP) is 8.31. The zero-order valence-corrected chi connectivity index (χ0v) is 19.3. The Morgan fingerprint density at radius 3 is 2.35 bits per heavy atom. The van der Waals surface area contributed by atoms with Crippen molar-refractivity contribution in [2.45, 2.75) is 42.3 Å². The van der Waals surface area contributed by atoms with Gasteiger partial charge in [0.05, 0.1) is 0 Å². The maximum absolute atomic E-state index is 3.95. The van der Waals surface area contributed by atoms with Crippen molar-refractivity contribution >= 4 is 63.7 Å². The SMILES string of the molecule is CCCCCCc1cc(Br)cc2c1C(Br)(Br)c1ccc(Br)cc1-2. The summed E-state index contributed by atoms with van der Waals surface area (Å²) in [5.74, 6) is 0. The van der Waals surface area contributed by atoms with Gasteiger partial charge in [0, 0.05) is 8.95 Å². The van der Waals surface area contributed by atoms with Crippen molar-refractivity contribution in [2.75, 3.05) is 0 Å². The lowest BCUT2D eigenvalue weighted by atomic mass is 9.97. The number of hydrogen-bond acceptors (Lipinski definition) is 0. The third kappa shape index (κ3) is 3.51. The summed E-state index contributed by atoms with van der Waals surface area (Å²) >= 11 is 15.2. The Morgan fingerprint density at radius 1 is 0.870 bits per heavy atom. The Morgan fingerprint density at radius 2 is 1.61 bits per heavy atom. The molecule has 1 aliphatic rings. The molecular formula is C19H18Br4. The predicted molar refractivity (Wildman–Crippen MR) is 114 cm³/mol. The summed E-state index contributed by atoms with van der Waals surface area (Å²) in [6, 6.07) is 11.0. The molecular weight excluding hydrogens is 548 g/mol. The summed E-state index contributed by atoms with van der Waals surface area (Å²) in [5.41, 5.74) is 6.68. The van der Waals surface area contributed by atoms with Gasteiger partial charge < -0.3 is 0 Å². The van der Waals surface area contributed by atoms with Crippen LogP contribution >= 0.6 is 63.7 Å². The van der Waals surface area contributed by atoms with Gasteiger partial charge in [-0.1, -0.05) is 96.0 Å². The molecule has 0 saturated heterocycles. The summed E-state index contributed by atoms with van der Waals surface area (Å²) in [7, 11) is 0. The first-order valence-electron chi connectivity index (χ1n) is 7.96. The van der Waals surface area contributed by atoms with Crippen LogP contribution in [0.25, 0.3) is 11.1 Å². The molecule has 0 bridgehead atoms. The minimum absolute atomic E-state index is 0.286. The molecule has 23 heavy (non-hydrogen) atoms. The van der Waals surface area contributed by atoms with Gasteiger partial charge in [-0.05, 0) is 64.9 Å². The lowest BCUT2D eigenvalue weighted by Gasteiger charge is -2.21. The molecule has 0 unspecified atom stereocenters. The van der Waals surface area contributed by atoms with Crippen LogP contribution in [0.1, 0.15) is 49.3 Å². The van der Waals surface area contributed by atoms with Gasteiger partial charge in [0.15, 0.2) is 0 Å². The van der Waals surface area contributed by atoms with E-state index in [1.165, 1.54) is 53.5 Å². The van der Waals surface area contributed by atoms with Crippen LogP contribution in [0.2, 0.25) is 0 Å². The van der Waals surface area contributed by atoms with Crippen LogP contribution in [-0.2, 0) is 9.65 Å². The van der Waals surface area contributed by atoms with Crippen LogP contribution in [0.5, 0.6) is 0 Å². The largest absolute Gasteiger partial charge is 0.132 e. The molecule has 0 amide bonds. The van der Waals surface area contributed by atoms with Gasteiger partial charge in [-0.25, -0.2) is 0 Å². The van der Waals surface area contributed by atoms with Gasteiger partial charge in [0.2, 0.25) is 0 Å². The van der Waals surface area contributed by atoms with Crippen molar-refractivity contribution in [1.82, 2.24) is 0 Å². The minimum atomic E-state index is -0.286. The second kappa shape index (κ2) is 7.31. The van der Waals surface area contributed by atoms with Gasteiger partial charge in [-0.2, -0.15) is 0 Å². The topological polar surface area (TPSA) is 0 Å². The summed E-state index contributed by atoms with van der Waals surface area (Å²) in [5, 5.41) is 0. The smallest absolute Gasteiger partial charge is 0.0654 e. The first-order valence-corrected chi connectivity index (χ1v) is 11.1. The van der Waals surface area contributed by atoms with E-state index in [9.17, 15) is 0 Å². The van der Waals surface area contributed by atoms with E-state index in [0.29, 0.717) is 0 Å². The van der Waals surface area contributed by atoms with Crippen LogP contribution in [0.15, 0.2) is 39.3 Å². The van der Waals surface area contributed by atoms with Gasteiger partial charge in [0.1, 0.15) is 3.23 Å². The fourth-order valence-electron chi connectivity index (χ4n) is 3.33. The number of fused-ring (bicyclic) bond motifs is 3. The maximum Gasteiger partial charge on any atom is 0.132 e. The Balaban J connectivity index is 2.07. The van der Waals surface area contributed by atoms with Crippen molar-refractivity contribution in [3.63, 3.8) is 0 Å². The zero-order valence-electron chi connectivity index (χ0n) is 12.9. The van der Waals surface area contributed by atoms with Crippen LogP contribution in [0, 0.1) is 0 Å². The molecule has 0 radical (unpaired) electrons. The van der Waals surface area contributed by atoms with Crippen LogP contribution in [-0.4, -0.2) is 0 Å². The van der Waals surface area contributed by atoms with Crippen molar-refractivity contribution in [3.05, 3.63) is 56.0 Å². The molecule has 2 aromatic carbocycles. The molecule has 0 spiro atoms. The molecule has 2 aromatic rings. The normalized spacial score (nSPS) is 14.7. The number of halogens is 4. The van der Waals surface area contributed by atoms with Crippen molar-refractivity contribution in [2.24, 2.45) is 0 Å². The highest BCUT2D eigenvalue weighted by molar-refractivity contribution is 9.25. The maximum atomic E-state index is 3.95. The molecule has 3 rings (SSSR count). The number of alkyl halides is 2. The lowest BCUT2D eigenvalue weighted by molar-refractivity contribution is 0.665. The number of rotatable bonds is 5. The summed E-state index contributed by atoms with van der Waals surface area (Å²) < 4.78 is 1.99. The molecule has 122 valence electrons. The highest BCUT2D eigenvalue weighted by Crippen LogP contribution is 2.58. The molecule has 0 fully saturated rings. The van der Waals surface area contributed by atoms with E-state index < -0.39 is 0 Å². The second-order valence-electron chi connectivity index (χ2n) is 6.06. The minimum Gasteiger partial charge on any atom is -0.0654 e. The number of aryl methyl sites for hydroxylation is 1. The molecule has 4 heteroatoms. The molecule has 0 N–H and O–H groups in total. The first kappa shape index (κ1) is 18.2. The molecule has 0 atom stereocenters. The van der Waals surface area contributed by atoms with Crippen molar-refractivity contribution in [3.8, 4) is 11.1 Å². The van der Waals surface area contributed by atoms with Crippen LogP contribution in [0.3, 0.4) is 0 Å². The molecule has 0 saturated carbocycles. The van der Waals surface area contributed by atoms with E-state index in [2.05, 4.69) is 101 Å². The van der Waals surface area contributed by atoms with E-state index in [1.807, 2.05) is 0 Å². The molecule has 0 aromatic heterocycles. The quantitative estimate of drug-likeness (QED) is 0.253. The van der Waals surface area contributed by atoms with E-state index in [4.69, 9.17) is 0 Å². The van der Waals surface area contributed by atoms with E-state index in [1.54, 1.807) is 0 Å². The number of hydrogen-bond donors (Lipinski definition) is 0. The third-order valence-electron chi connectivity index (χ3n) is 4.41. The Bertz CT molecular complexity index is 734. The fraction of sp³-hybridized carbons (Fsp3) is 0.368. The van der Waals surface area contributed by atoms with E-state index >= 15 is 0 Å². The monoisotopic (exact) mass is 562 g/mol. The van der Waals surface area contributed by atoms with Gasteiger partial charge in [-0.3, -0.25) is 0 Å². The van der Waals surface area contributed by atoms with Gasteiger partial charge in [-0.15, -0.1) is 0 Å². The van der Waals surface area contributed by atoms with E-state index in [-0.39, 0.29) is 3.23 Å². The molecule has 1 aliphatic carbocycles. The lowest BCUT2D eigenvalue weighted by Crippen LogP contribution is -2.09. The summed E-state index contributed by atoms with van der Waals surface area (Å²) in [4.78, 5) is 0. The fourth-order valence-corrected chi connectivity index (χ4v) is 5.83. The van der Waals surface area contributed by atoms with Crippen molar-refractivity contribution < 1.29 is 0 Å². The Hall–Kier alpha value is 0.360. The van der Waals surface area contributed by atoms with Gasteiger partial charge in [0.25, 0.3) is 0 Å². The van der Waals surface area contributed by atoms with Gasteiger partial charge >= 0.3 is 0 Å². The number of unbranched alkanes of at least 4 members (excludes halogenated alkanes) is 3. The first-order chi connectivity index (χ1) is 10.9. The zero-order chi connectivity index (χ0) is 16.6. The highest BCUT2D eigenvalue weighted by atomic mass is 79.9. The molecule has 0 aliphatic heterocycles. The Labute approximate surface area is 172 Å². The summed E-state index contributed by atoms with van der Waals surface area (Å²) in [6.45, 7) is 2.26. The second-order valence-corrected chi connectivity index (χ2v) is 11.3. The highest BCUT2D eigenvalue weighted by Gasteiger charge is 2.41. The van der Waals surface area contributed by atoms with Crippen LogP contribution in [0.4, 0.5) is 0 Å². The standard InChI is InChI=1S/C19H18Br4/c1-2-3-4-5-6-12-9-14(21)11-16-15-10-13(20)7-8-17(15)19(22,23)18(12)16/h7-11H,2-6H2,1H3. The Kier molecular flexibility index (Phi) is 5.77. The summed E-state index contributed by atoms with van der Waals surface area (Å²) in [6.07, 6.45) is 6.25. The van der Waals surface area contributed by atoms with E-state index in [0.717, 1.165) is 15.4 Å². The average Bonchev–Trinajstić information content (AvgIpc) is 2.71. The van der Waals surface area contributed by atoms with Crippen LogP contribution < -0.4 is 0 Å². The number of benzene rings is 2. The molecule has 0 heterocycles. The third-order valence-corrected chi connectivity index (χ3v) is 7.01. The molecule has 0 nitrogen and oxygen atoms in total.